The third-order valence-corrected chi connectivity index (χ3v) is 14.6. The number of alkyl halides is 1. The van der Waals surface area contributed by atoms with Crippen molar-refractivity contribution >= 4 is 17.1 Å². The van der Waals surface area contributed by atoms with Gasteiger partial charge in [0, 0.05) is 27.9 Å². The van der Waals surface area contributed by atoms with Crippen molar-refractivity contribution < 1.29 is 4.39 Å². The molecular formula is C60H52FN. The van der Waals surface area contributed by atoms with E-state index in [4.69, 9.17) is 0 Å². The van der Waals surface area contributed by atoms with E-state index in [9.17, 15) is 4.39 Å². The van der Waals surface area contributed by atoms with Crippen molar-refractivity contribution in [3.05, 3.63) is 210 Å². The van der Waals surface area contributed by atoms with Gasteiger partial charge in [-0.25, -0.2) is 4.39 Å². The van der Waals surface area contributed by atoms with Crippen LogP contribution in [-0.2, 0) is 10.8 Å². The van der Waals surface area contributed by atoms with Crippen molar-refractivity contribution in [3.63, 3.8) is 0 Å². The molecule has 0 amide bonds. The number of nitrogens with zero attached hydrogens (tertiary/aromatic N) is 1. The minimum Gasteiger partial charge on any atom is -0.311 e. The zero-order chi connectivity index (χ0) is 42.2. The lowest BCUT2D eigenvalue weighted by molar-refractivity contribution is 0.235. The molecule has 0 aromatic heterocycles. The molecule has 0 bridgehead atoms. The maximum absolute atomic E-state index is 13.8. The Bertz CT molecular complexity index is 2800. The number of halogens is 1. The first kappa shape index (κ1) is 38.4. The third-order valence-electron chi connectivity index (χ3n) is 14.6. The quantitative estimate of drug-likeness (QED) is 0.155. The summed E-state index contributed by atoms with van der Waals surface area (Å²) in [6, 6.07) is 67.8. The molecule has 0 radical (unpaired) electrons. The number of anilines is 3. The Morgan fingerprint density at radius 1 is 0.371 bits per heavy atom. The Hall–Kier alpha value is -6.51. The van der Waals surface area contributed by atoms with Gasteiger partial charge in [0.25, 0.3) is 0 Å². The van der Waals surface area contributed by atoms with Crippen molar-refractivity contribution in [3.8, 4) is 55.6 Å². The normalized spacial score (nSPS) is 17.8. The van der Waals surface area contributed by atoms with Gasteiger partial charge in [0.05, 0.1) is 0 Å². The molecule has 0 unspecified atom stereocenters. The van der Waals surface area contributed by atoms with Gasteiger partial charge in [-0.1, -0.05) is 161 Å². The van der Waals surface area contributed by atoms with E-state index in [1.807, 2.05) is 0 Å². The number of rotatable bonds is 7. The molecule has 0 aliphatic heterocycles. The van der Waals surface area contributed by atoms with Crippen LogP contribution in [-0.4, -0.2) is 6.17 Å². The van der Waals surface area contributed by atoms with Crippen LogP contribution in [0.4, 0.5) is 21.5 Å². The lowest BCUT2D eigenvalue weighted by atomic mass is 9.81. The van der Waals surface area contributed by atoms with Crippen molar-refractivity contribution in [2.45, 2.75) is 76.3 Å². The smallest absolute Gasteiger partial charge is 0.100 e. The van der Waals surface area contributed by atoms with Crippen molar-refractivity contribution in [2.75, 3.05) is 4.90 Å². The van der Waals surface area contributed by atoms with Gasteiger partial charge in [0.2, 0.25) is 0 Å². The summed E-state index contributed by atoms with van der Waals surface area (Å²) in [7, 11) is 0. The van der Waals surface area contributed by atoms with Crippen LogP contribution in [0.5, 0.6) is 0 Å². The molecule has 1 fully saturated rings. The van der Waals surface area contributed by atoms with Gasteiger partial charge < -0.3 is 4.90 Å². The van der Waals surface area contributed by atoms with Gasteiger partial charge >= 0.3 is 0 Å². The standard InChI is InChI=1S/C60H52FN/c1-59(2)55-11-7-5-9-51(55)53-35-25-45(37-57(53)59)43-21-31-49(32-22-43)62(48-29-19-42(20-30-48)40-15-13-39(14-16-40)41-17-27-47(61)28-18-41)50-33-23-44(24-34-50)46-26-36-54-52-10-6-8-12-56(52)60(3,4)58(54)38-46/h5-16,19-26,29-38,41,47H,17-18,27-28H2,1-4H3. The second-order valence-electron chi connectivity index (χ2n) is 18.9. The highest BCUT2D eigenvalue weighted by Crippen LogP contribution is 2.51. The second kappa shape index (κ2) is 14.8. The monoisotopic (exact) mass is 805 g/mol. The van der Waals surface area contributed by atoms with Gasteiger partial charge in [-0.15, -0.1) is 0 Å². The molecule has 0 spiro atoms. The number of benzene rings is 8. The molecule has 304 valence electrons. The highest BCUT2D eigenvalue weighted by atomic mass is 19.1. The summed E-state index contributed by atoms with van der Waals surface area (Å²) in [5, 5.41) is 0. The fourth-order valence-corrected chi connectivity index (χ4v) is 11.0. The van der Waals surface area contributed by atoms with E-state index in [2.05, 4.69) is 215 Å². The Morgan fingerprint density at radius 2 is 0.710 bits per heavy atom. The molecule has 1 saturated carbocycles. The molecule has 0 saturated heterocycles. The molecule has 0 N–H and O–H groups in total. The van der Waals surface area contributed by atoms with E-state index < -0.39 is 6.17 Å². The van der Waals surface area contributed by atoms with E-state index in [0.717, 1.165) is 29.9 Å². The molecule has 1 nitrogen and oxygen atoms in total. The van der Waals surface area contributed by atoms with Gasteiger partial charge in [-0.3, -0.25) is 0 Å². The van der Waals surface area contributed by atoms with E-state index in [0.29, 0.717) is 18.8 Å². The van der Waals surface area contributed by atoms with E-state index in [-0.39, 0.29) is 10.8 Å². The Labute approximate surface area is 366 Å². The SMILES string of the molecule is CC1(C)c2ccccc2-c2ccc(-c3ccc(N(c4ccc(-c5ccc(C6CCC(F)CC6)cc5)cc4)c4ccc(-c5ccc6c(c5)C(C)(C)c5ccccc5-6)cc4)cc3)cc21. The van der Waals surface area contributed by atoms with Gasteiger partial charge in [0.1, 0.15) is 6.17 Å². The maximum Gasteiger partial charge on any atom is 0.100 e. The molecule has 3 aliphatic rings. The van der Waals surface area contributed by atoms with Crippen molar-refractivity contribution in [2.24, 2.45) is 0 Å². The zero-order valence-corrected chi connectivity index (χ0v) is 36.1. The lowest BCUT2D eigenvalue weighted by Crippen LogP contribution is -2.14. The molecule has 2 heteroatoms. The van der Waals surface area contributed by atoms with Gasteiger partial charge in [-0.05, 0) is 164 Å². The minimum atomic E-state index is -0.633. The Balaban J connectivity index is 0.921. The second-order valence-corrected chi connectivity index (χ2v) is 18.9. The number of hydrogen-bond donors (Lipinski definition) is 0. The third kappa shape index (κ3) is 6.42. The molecule has 62 heavy (non-hydrogen) atoms. The van der Waals surface area contributed by atoms with Crippen LogP contribution in [0.2, 0.25) is 0 Å². The first-order chi connectivity index (χ1) is 30.1. The van der Waals surface area contributed by atoms with Crippen molar-refractivity contribution in [1.29, 1.82) is 0 Å². The zero-order valence-electron chi connectivity index (χ0n) is 36.1. The summed E-state index contributed by atoms with van der Waals surface area (Å²) in [4.78, 5) is 2.37. The van der Waals surface area contributed by atoms with Crippen LogP contribution in [0.15, 0.2) is 182 Å². The predicted molar refractivity (Wildman–Crippen MR) is 259 cm³/mol. The Kier molecular flexibility index (Phi) is 9.20. The van der Waals surface area contributed by atoms with Gasteiger partial charge in [-0.2, -0.15) is 0 Å². The summed E-state index contributed by atoms with van der Waals surface area (Å²) in [6.45, 7) is 9.38. The van der Waals surface area contributed by atoms with E-state index >= 15 is 0 Å². The summed E-state index contributed by atoms with van der Waals surface area (Å²) >= 11 is 0. The molecule has 11 rings (SSSR count). The first-order valence-electron chi connectivity index (χ1n) is 22.5. The van der Waals surface area contributed by atoms with E-state index in [1.54, 1.807) is 0 Å². The van der Waals surface area contributed by atoms with Crippen LogP contribution in [0.1, 0.15) is 87.1 Å². The highest BCUT2D eigenvalue weighted by molar-refractivity contribution is 5.86. The summed E-state index contributed by atoms with van der Waals surface area (Å²) < 4.78 is 13.8. The van der Waals surface area contributed by atoms with Crippen molar-refractivity contribution in [1.82, 2.24) is 0 Å². The fourth-order valence-electron chi connectivity index (χ4n) is 11.0. The summed E-state index contributed by atoms with van der Waals surface area (Å²) in [6.07, 6.45) is 2.60. The fraction of sp³-hybridized carbons (Fsp3) is 0.200. The van der Waals surface area contributed by atoms with Crippen LogP contribution >= 0.6 is 0 Å². The summed E-state index contributed by atoms with van der Waals surface area (Å²) in [5.74, 6) is 0.461. The van der Waals surface area contributed by atoms with Crippen LogP contribution in [0, 0.1) is 0 Å². The Morgan fingerprint density at radius 3 is 1.13 bits per heavy atom. The number of hydrogen-bond acceptors (Lipinski definition) is 1. The average molecular weight is 806 g/mol. The first-order valence-corrected chi connectivity index (χ1v) is 22.5. The van der Waals surface area contributed by atoms with Gasteiger partial charge in [0.15, 0.2) is 0 Å². The predicted octanol–water partition coefficient (Wildman–Crippen LogP) is 16.8. The molecular weight excluding hydrogens is 754 g/mol. The molecule has 0 atom stereocenters. The molecule has 0 heterocycles. The molecule has 8 aromatic rings. The minimum absolute atomic E-state index is 0.0459. The maximum atomic E-state index is 13.8. The largest absolute Gasteiger partial charge is 0.311 e. The molecule has 8 aromatic carbocycles. The van der Waals surface area contributed by atoms with Crippen LogP contribution in [0.25, 0.3) is 55.6 Å². The number of fused-ring (bicyclic) bond motifs is 6. The average Bonchev–Trinajstić information content (AvgIpc) is 3.69. The lowest BCUT2D eigenvalue weighted by Gasteiger charge is -2.26. The van der Waals surface area contributed by atoms with Crippen LogP contribution in [0.3, 0.4) is 0 Å². The summed E-state index contributed by atoms with van der Waals surface area (Å²) in [5.41, 5.74) is 22.8. The molecule has 3 aliphatic carbocycles. The van der Waals surface area contributed by atoms with Crippen LogP contribution < -0.4 is 4.90 Å². The topological polar surface area (TPSA) is 3.24 Å². The van der Waals surface area contributed by atoms with E-state index in [1.165, 1.54) is 83.5 Å². The highest BCUT2D eigenvalue weighted by Gasteiger charge is 2.36.